The van der Waals surface area contributed by atoms with Crippen molar-refractivity contribution in [1.29, 1.82) is 0 Å². The number of pyridine rings is 1. The van der Waals surface area contributed by atoms with E-state index in [-0.39, 0.29) is 5.69 Å². The first-order valence-corrected chi connectivity index (χ1v) is 3.87. The molecule has 1 aromatic heterocycles. The minimum atomic E-state index is -0.425. The fraction of sp³-hybridized carbons (Fsp3) is 0.200. The van der Waals surface area contributed by atoms with E-state index in [1.807, 2.05) is 0 Å². The predicted molar refractivity (Wildman–Crippen MR) is 48.1 cm³/mol. The molecule has 3 heteroatoms. The third-order valence-electron chi connectivity index (χ3n) is 1.41. The molecule has 1 heterocycles. The van der Waals surface area contributed by atoms with Gasteiger partial charge in [0, 0.05) is 11.8 Å². The van der Waals surface area contributed by atoms with E-state index in [9.17, 15) is 4.79 Å². The molecule has 0 N–H and O–H groups in total. The van der Waals surface area contributed by atoms with Crippen molar-refractivity contribution in [2.75, 3.05) is 6.61 Å². The van der Waals surface area contributed by atoms with Gasteiger partial charge in [-0.2, -0.15) is 0 Å². The van der Waals surface area contributed by atoms with Crippen LogP contribution in [0.25, 0.3) is 0 Å². The van der Waals surface area contributed by atoms with Crippen molar-refractivity contribution in [2.45, 2.75) is 6.92 Å². The van der Waals surface area contributed by atoms with Gasteiger partial charge in [0.2, 0.25) is 0 Å². The number of hydrogen-bond acceptors (Lipinski definition) is 3. The number of nitrogens with zero attached hydrogens (tertiary/aromatic N) is 1. The second-order valence-electron chi connectivity index (χ2n) is 2.30. The molecule has 0 spiro atoms. The molecule has 0 aliphatic rings. The van der Waals surface area contributed by atoms with Crippen molar-refractivity contribution in [3.8, 4) is 12.3 Å². The van der Waals surface area contributed by atoms with E-state index < -0.39 is 5.97 Å². The topological polar surface area (TPSA) is 39.2 Å². The summed E-state index contributed by atoms with van der Waals surface area (Å²) in [6, 6.07) is 3.20. The minimum absolute atomic E-state index is 0.279. The fourth-order valence-corrected chi connectivity index (χ4v) is 0.805. The van der Waals surface area contributed by atoms with Crippen LogP contribution in [-0.2, 0) is 4.74 Å². The van der Waals surface area contributed by atoms with Gasteiger partial charge in [0.05, 0.1) is 6.61 Å². The van der Waals surface area contributed by atoms with Crippen LogP contribution in [0.2, 0.25) is 0 Å². The Hall–Kier alpha value is -1.82. The summed E-state index contributed by atoms with van der Waals surface area (Å²) < 4.78 is 4.75. The average molecular weight is 175 g/mol. The SMILES string of the molecule is C#Cc1ccc(C(=O)OCC)nc1. The Labute approximate surface area is 76.8 Å². The van der Waals surface area contributed by atoms with E-state index in [0.717, 1.165) is 0 Å². The molecule has 0 saturated heterocycles. The summed E-state index contributed by atoms with van der Waals surface area (Å²) in [7, 11) is 0. The number of rotatable bonds is 2. The number of carbonyl (C=O) groups excluding carboxylic acids is 1. The van der Waals surface area contributed by atoms with Gasteiger partial charge in [0.1, 0.15) is 5.69 Å². The van der Waals surface area contributed by atoms with Crippen molar-refractivity contribution >= 4 is 5.97 Å². The zero-order valence-electron chi connectivity index (χ0n) is 7.28. The first-order valence-electron chi connectivity index (χ1n) is 3.87. The minimum Gasteiger partial charge on any atom is -0.461 e. The molecule has 0 aromatic carbocycles. The summed E-state index contributed by atoms with van der Waals surface area (Å²) in [4.78, 5) is 15.0. The molecule has 1 rings (SSSR count). The highest BCUT2D eigenvalue weighted by Gasteiger charge is 2.06. The maximum absolute atomic E-state index is 11.1. The van der Waals surface area contributed by atoms with Crippen LogP contribution in [0.4, 0.5) is 0 Å². The first kappa shape index (κ1) is 9.27. The van der Waals surface area contributed by atoms with Gasteiger partial charge in [-0.05, 0) is 19.1 Å². The summed E-state index contributed by atoms with van der Waals surface area (Å²) in [6.07, 6.45) is 6.59. The molecule has 3 nitrogen and oxygen atoms in total. The van der Waals surface area contributed by atoms with Gasteiger partial charge in [0.25, 0.3) is 0 Å². The lowest BCUT2D eigenvalue weighted by Crippen LogP contribution is -2.06. The lowest BCUT2D eigenvalue weighted by molar-refractivity contribution is 0.0519. The Bertz CT molecular complexity index is 335. The molecule has 1 aromatic rings. The molecule has 0 unspecified atom stereocenters. The highest BCUT2D eigenvalue weighted by molar-refractivity contribution is 5.87. The Morgan fingerprint density at radius 2 is 2.46 bits per heavy atom. The molecule has 0 atom stereocenters. The van der Waals surface area contributed by atoms with E-state index in [1.54, 1.807) is 19.1 Å². The van der Waals surface area contributed by atoms with Crippen LogP contribution in [0.3, 0.4) is 0 Å². The second-order valence-corrected chi connectivity index (χ2v) is 2.30. The van der Waals surface area contributed by atoms with E-state index in [1.165, 1.54) is 6.20 Å². The van der Waals surface area contributed by atoms with Crippen molar-refractivity contribution in [1.82, 2.24) is 4.98 Å². The molecule has 13 heavy (non-hydrogen) atoms. The van der Waals surface area contributed by atoms with Crippen LogP contribution < -0.4 is 0 Å². The van der Waals surface area contributed by atoms with Gasteiger partial charge >= 0.3 is 5.97 Å². The van der Waals surface area contributed by atoms with Crippen molar-refractivity contribution < 1.29 is 9.53 Å². The van der Waals surface area contributed by atoms with Crippen LogP contribution in [0.5, 0.6) is 0 Å². The van der Waals surface area contributed by atoms with Gasteiger partial charge in [-0.3, -0.25) is 0 Å². The van der Waals surface area contributed by atoms with E-state index in [0.29, 0.717) is 12.2 Å². The molecular weight excluding hydrogens is 166 g/mol. The maximum atomic E-state index is 11.1. The highest BCUT2D eigenvalue weighted by Crippen LogP contribution is 2.00. The highest BCUT2D eigenvalue weighted by atomic mass is 16.5. The van der Waals surface area contributed by atoms with E-state index in [2.05, 4.69) is 10.9 Å². The average Bonchev–Trinajstić information content (AvgIpc) is 2.18. The quantitative estimate of drug-likeness (QED) is 0.501. The van der Waals surface area contributed by atoms with Gasteiger partial charge < -0.3 is 4.74 Å². The van der Waals surface area contributed by atoms with Gasteiger partial charge in [0.15, 0.2) is 0 Å². The zero-order valence-corrected chi connectivity index (χ0v) is 7.28. The summed E-state index contributed by atoms with van der Waals surface area (Å²) in [5, 5.41) is 0. The first-order chi connectivity index (χ1) is 6.27. The standard InChI is InChI=1S/C10H9NO2/c1-3-8-5-6-9(11-7-8)10(12)13-4-2/h1,5-7H,4H2,2H3. The van der Waals surface area contributed by atoms with Crippen LogP contribution in [0.1, 0.15) is 23.0 Å². The largest absolute Gasteiger partial charge is 0.461 e. The van der Waals surface area contributed by atoms with Gasteiger partial charge in [-0.15, -0.1) is 6.42 Å². The molecule has 0 radical (unpaired) electrons. The molecule has 0 amide bonds. The second kappa shape index (κ2) is 4.27. The van der Waals surface area contributed by atoms with E-state index >= 15 is 0 Å². The molecule has 0 aliphatic heterocycles. The molecular formula is C10H9NO2. The third-order valence-corrected chi connectivity index (χ3v) is 1.41. The summed E-state index contributed by atoms with van der Waals surface area (Å²) in [6.45, 7) is 2.09. The van der Waals surface area contributed by atoms with Gasteiger partial charge in [-0.1, -0.05) is 5.92 Å². The number of terminal acetylenes is 1. The van der Waals surface area contributed by atoms with Gasteiger partial charge in [-0.25, -0.2) is 9.78 Å². The number of ether oxygens (including phenoxy) is 1. The number of esters is 1. The predicted octanol–water partition coefficient (Wildman–Crippen LogP) is 1.24. The number of aromatic nitrogens is 1. The number of hydrogen-bond donors (Lipinski definition) is 0. The van der Waals surface area contributed by atoms with Crippen molar-refractivity contribution in [3.05, 3.63) is 29.6 Å². The van der Waals surface area contributed by atoms with Crippen molar-refractivity contribution in [3.63, 3.8) is 0 Å². The zero-order chi connectivity index (χ0) is 9.68. The normalized spacial score (nSPS) is 8.92. The van der Waals surface area contributed by atoms with Crippen molar-refractivity contribution in [2.24, 2.45) is 0 Å². The van der Waals surface area contributed by atoms with Crippen LogP contribution in [0, 0.1) is 12.3 Å². The lowest BCUT2D eigenvalue weighted by Gasteiger charge is -1.99. The smallest absolute Gasteiger partial charge is 0.356 e. The number of carbonyl (C=O) groups is 1. The van der Waals surface area contributed by atoms with E-state index in [4.69, 9.17) is 11.2 Å². The fourth-order valence-electron chi connectivity index (χ4n) is 0.805. The molecule has 66 valence electrons. The summed E-state index contributed by atoms with van der Waals surface area (Å²) in [5.41, 5.74) is 0.925. The Balaban J connectivity index is 2.81. The summed E-state index contributed by atoms with van der Waals surface area (Å²) >= 11 is 0. The molecule has 0 fully saturated rings. The molecule has 0 bridgehead atoms. The Morgan fingerprint density at radius 1 is 1.69 bits per heavy atom. The monoisotopic (exact) mass is 175 g/mol. The maximum Gasteiger partial charge on any atom is 0.356 e. The van der Waals surface area contributed by atoms with Crippen LogP contribution in [-0.4, -0.2) is 17.6 Å². The third kappa shape index (κ3) is 2.31. The molecule has 0 saturated carbocycles. The molecule has 0 aliphatic carbocycles. The Morgan fingerprint density at radius 3 is 2.92 bits per heavy atom. The van der Waals surface area contributed by atoms with Crippen LogP contribution >= 0.6 is 0 Å². The lowest BCUT2D eigenvalue weighted by atomic mass is 10.2. The van der Waals surface area contributed by atoms with Crippen LogP contribution in [0.15, 0.2) is 18.3 Å². The Kier molecular flexibility index (Phi) is 3.04. The summed E-state index contributed by atoms with van der Waals surface area (Å²) in [5.74, 6) is 1.99.